The molecular weight excluding hydrogens is 418 g/mol. The summed E-state index contributed by atoms with van der Waals surface area (Å²) in [5, 5.41) is 10.9. The van der Waals surface area contributed by atoms with E-state index in [1.807, 2.05) is 6.92 Å². The maximum Gasteiger partial charge on any atom is 0.286 e. The van der Waals surface area contributed by atoms with Crippen molar-refractivity contribution in [2.45, 2.75) is 32.7 Å². The lowest BCUT2D eigenvalue weighted by molar-refractivity contribution is 0.0684. The van der Waals surface area contributed by atoms with E-state index in [9.17, 15) is 4.79 Å². The molecule has 3 atom stereocenters. The number of aryl methyl sites for hydroxylation is 1. The van der Waals surface area contributed by atoms with E-state index in [0.717, 1.165) is 24.2 Å². The van der Waals surface area contributed by atoms with Crippen LogP contribution in [0.1, 0.15) is 50.9 Å². The molecule has 1 amide bonds. The fourth-order valence-corrected chi connectivity index (χ4v) is 6.64. The molecule has 1 fully saturated rings. The Morgan fingerprint density at radius 1 is 1.21 bits per heavy atom. The molecule has 1 aliphatic heterocycles. The van der Waals surface area contributed by atoms with Gasteiger partial charge in [0.25, 0.3) is 5.91 Å². The Hall–Kier alpha value is -2.09. The van der Waals surface area contributed by atoms with Crippen molar-refractivity contribution in [3.8, 4) is 0 Å². The van der Waals surface area contributed by atoms with Gasteiger partial charge in [-0.25, -0.2) is 9.99 Å². The zero-order valence-corrected chi connectivity index (χ0v) is 18.7. The van der Waals surface area contributed by atoms with Crippen LogP contribution < -0.4 is 0 Å². The second kappa shape index (κ2) is 7.63. The van der Waals surface area contributed by atoms with Gasteiger partial charge in [-0.3, -0.25) is 4.79 Å². The van der Waals surface area contributed by atoms with Crippen molar-refractivity contribution in [2.75, 3.05) is 0 Å². The van der Waals surface area contributed by atoms with Gasteiger partial charge in [0.1, 0.15) is 4.88 Å². The summed E-state index contributed by atoms with van der Waals surface area (Å²) in [7, 11) is 0. The first-order chi connectivity index (χ1) is 14.1. The molecular formula is C22H21N3OS3. The molecule has 3 aromatic rings. The Morgan fingerprint density at radius 2 is 2.03 bits per heavy atom. The summed E-state index contributed by atoms with van der Waals surface area (Å²) in [4.78, 5) is 20.9. The number of hydrogen-bond acceptors (Lipinski definition) is 6. The molecule has 0 aromatic carbocycles. The van der Waals surface area contributed by atoms with Crippen LogP contribution >= 0.6 is 34.0 Å². The van der Waals surface area contributed by atoms with Gasteiger partial charge >= 0.3 is 0 Å². The van der Waals surface area contributed by atoms with E-state index in [1.54, 1.807) is 33.2 Å². The predicted molar refractivity (Wildman–Crippen MR) is 122 cm³/mol. The van der Waals surface area contributed by atoms with Crippen molar-refractivity contribution in [2.24, 2.45) is 16.9 Å². The molecule has 4 nitrogen and oxygen atoms in total. The van der Waals surface area contributed by atoms with Crippen LogP contribution in [-0.2, 0) is 0 Å². The molecule has 0 unspecified atom stereocenters. The number of fused-ring (bicyclic) bond motifs is 1. The van der Waals surface area contributed by atoms with E-state index in [0.29, 0.717) is 10.8 Å². The molecule has 4 heterocycles. The number of carbonyl (C=O) groups is 1. The topological polar surface area (TPSA) is 45.6 Å². The van der Waals surface area contributed by atoms with E-state index in [-0.39, 0.29) is 17.9 Å². The first-order valence-electron chi connectivity index (χ1n) is 9.72. The van der Waals surface area contributed by atoms with Crippen LogP contribution in [0.25, 0.3) is 6.08 Å². The molecule has 0 bridgehead atoms. The number of carbonyl (C=O) groups excluding carboxylic acids is 1. The van der Waals surface area contributed by atoms with Crippen LogP contribution in [0.2, 0.25) is 0 Å². The van der Waals surface area contributed by atoms with Crippen LogP contribution in [0.4, 0.5) is 0 Å². The summed E-state index contributed by atoms with van der Waals surface area (Å²) in [6.45, 7) is 4.20. The lowest BCUT2D eigenvalue weighted by Gasteiger charge is -2.31. The number of hydrazone groups is 1. The largest absolute Gasteiger partial charge is 0.286 e. The number of hydrogen-bond donors (Lipinski definition) is 0. The quantitative estimate of drug-likeness (QED) is 0.484. The van der Waals surface area contributed by atoms with E-state index < -0.39 is 0 Å². The molecule has 3 aromatic heterocycles. The van der Waals surface area contributed by atoms with Crippen molar-refractivity contribution in [3.63, 3.8) is 0 Å². The minimum Gasteiger partial charge on any atom is -0.266 e. The van der Waals surface area contributed by atoms with Crippen molar-refractivity contribution in [3.05, 3.63) is 66.4 Å². The molecule has 29 heavy (non-hydrogen) atoms. The molecule has 5 rings (SSSR count). The van der Waals surface area contributed by atoms with Gasteiger partial charge in [0, 0.05) is 15.7 Å². The first-order valence-corrected chi connectivity index (χ1v) is 12.4. The fourth-order valence-electron chi connectivity index (χ4n) is 4.35. The highest BCUT2D eigenvalue weighted by Crippen LogP contribution is 2.47. The van der Waals surface area contributed by atoms with Crippen LogP contribution in [0.5, 0.6) is 0 Å². The Balaban J connectivity index is 1.60. The van der Waals surface area contributed by atoms with Gasteiger partial charge in [0.05, 0.1) is 23.0 Å². The van der Waals surface area contributed by atoms with E-state index >= 15 is 0 Å². The third-order valence-electron chi connectivity index (χ3n) is 5.61. The van der Waals surface area contributed by atoms with Crippen molar-refractivity contribution in [1.82, 2.24) is 9.99 Å². The predicted octanol–water partition coefficient (Wildman–Crippen LogP) is 6.26. The van der Waals surface area contributed by atoms with Gasteiger partial charge in [-0.15, -0.1) is 34.0 Å². The second-order valence-electron chi connectivity index (χ2n) is 7.70. The van der Waals surface area contributed by atoms with Crippen molar-refractivity contribution < 1.29 is 4.79 Å². The summed E-state index contributed by atoms with van der Waals surface area (Å²) in [6.07, 6.45) is 4.32. The number of thiazole rings is 1. The number of thiophene rings is 2. The Morgan fingerprint density at radius 3 is 2.72 bits per heavy atom. The highest BCUT2D eigenvalue weighted by molar-refractivity contribution is 7.12. The standard InChI is InChI=1S/C22H21N3OS3/c1-13-9-15(11-16-5-3-7-27-16)19-17(10-13)20(18-6-4-8-28-18)25(24-19)22(26)21-14(2)23-12-29-21/h3-8,11-13,17,20H,9-10H2,1-2H3/b15-11+/t13-,17-,20+/m0/s1. The van der Waals surface area contributed by atoms with Crippen molar-refractivity contribution >= 4 is 51.7 Å². The van der Waals surface area contributed by atoms with Crippen molar-refractivity contribution in [1.29, 1.82) is 0 Å². The van der Waals surface area contributed by atoms with E-state index in [4.69, 9.17) is 5.10 Å². The summed E-state index contributed by atoms with van der Waals surface area (Å²) in [5.74, 6) is 0.766. The highest BCUT2D eigenvalue weighted by atomic mass is 32.1. The summed E-state index contributed by atoms with van der Waals surface area (Å²) >= 11 is 4.85. The normalized spacial score (nSPS) is 25.3. The molecule has 0 spiro atoms. The monoisotopic (exact) mass is 439 g/mol. The smallest absolute Gasteiger partial charge is 0.266 e. The number of allylic oxidation sites excluding steroid dienone is 1. The minimum atomic E-state index is -0.0339. The molecule has 0 N–H and O–H groups in total. The molecule has 1 saturated carbocycles. The fraction of sp³-hybridized carbons (Fsp3) is 0.318. The molecule has 1 aliphatic carbocycles. The molecule has 148 valence electrons. The van der Waals surface area contributed by atoms with Crippen LogP contribution in [-0.4, -0.2) is 21.6 Å². The van der Waals surface area contributed by atoms with Crippen LogP contribution in [0.15, 0.2) is 51.2 Å². The third-order valence-corrected chi connectivity index (χ3v) is 8.29. The zero-order valence-electron chi connectivity index (χ0n) is 16.2. The maximum atomic E-state index is 13.5. The molecule has 2 aliphatic rings. The van der Waals surface area contributed by atoms with E-state index in [2.05, 4.69) is 53.0 Å². The zero-order chi connectivity index (χ0) is 20.0. The SMILES string of the molecule is Cc1ncsc1C(=O)N1N=C2/C(=C/c3cccs3)C[C@H](C)C[C@@H]2[C@@H]1c1cccs1. The van der Waals surface area contributed by atoms with Gasteiger partial charge in [0.15, 0.2) is 0 Å². The average molecular weight is 440 g/mol. The van der Waals surface area contributed by atoms with E-state index in [1.165, 1.54) is 26.7 Å². The number of nitrogens with zero attached hydrogens (tertiary/aromatic N) is 3. The van der Waals surface area contributed by atoms with Gasteiger partial charge in [-0.1, -0.05) is 19.1 Å². The first kappa shape index (κ1) is 18.9. The lowest BCUT2D eigenvalue weighted by atomic mass is 9.74. The van der Waals surface area contributed by atoms with Gasteiger partial charge < -0.3 is 0 Å². The number of aromatic nitrogens is 1. The maximum absolute atomic E-state index is 13.5. The second-order valence-corrected chi connectivity index (χ2v) is 10.5. The molecule has 7 heteroatoms. The van der Waals surface area contributed by atoms with Gasteiger partial charge in [-0.2, -0.15) is 5.10 Å². The Labute approximate surface area is 182 Å². The third kappa shape index (κ3) is 3.41. The highest BCUT2D eigenvalue weighted by Gasteiger charge is 2.46. The average Bonchev–Trinajstić information content (AvgIpc) is 3.48. The summed E-state index contributed by atoms with van der Waals surface area (Å²) < 4.78 is 0. The Kier molecular flexibility index (Phi) is 4.97. The molecule has 0 radical (unpaired) electrons. The number of rotatable bonds is 3. The minimum absolute atomic E-state index is 0.0338. The number of amides is 1. The summed E-state index contributed by atoms with van der Waals surface area (Å²) in [5.41, 5.74) is 4.88. The van der Waals surface area contributed by atoms with Crippen LogP contribution in [0, 0.1) is 18.8 Å². The summed E-state index contributed by atoms with van der Waals surface area (Å²) in [6, 6.07) is 8.38. The lowest BCUT2D eigenvalue weighted by Crippen LogP contribution is -2.32. The molecule has 0 saturated heterocycles. The van der Waals surface area contributed by atoms with Gasteiger partial charge in [0.2, 0.25) is 0 Å². The van der Waals surface area contributed by atoms with Crippen LogP contribution in [0.3, 0.4) is 0 Å². The Bertz CT molecular complexity index is 1080. The van der Waals surface area contributed by atoms with Gasteiger partial charge in [-0.05, 0) is 60.2 Å².